The Labute approximate surface area is 171 Å². The zero-order valence-corrected chi connectivity index (χ0v) is 17.2. The molecule has 1 unspecified atom stereocenters. The van der Waals surface area contributed by atoms with Gasteiger partial charge in [-0.2, -0.15) is 0 Å². The Morgan fingerprint density at radius 1 is 1.14 bits per heavy atom. The number of hydrogen-bond acceptors (Lipinski definition) is 5. The van der Waals surface area contributed by atoms with Gasteiger partial charge in [-0.05, 0) is 19.3 Å². The standard InChI is InChI=1S/C20H33N3O6/c1-2-3-7-15(20(14-29-20)17(25)26)21-16(24)19(8-5-4-6-9-19)22-18(27)23-10-12-28-13-11-23/h15H,2-14H2,1H3,(H,21,24)(H,22,27)(H,25,26)/t15-,20?/m0/s1. The van der Waals surface area contributed by atoms with Gasteiger partial charge in [-0.3, -0.25) is 4.79 Å². The van der Waals surface area contributed by atoms with E-state index in [-0.39, 0.29) is 18.5 Å². The van der Waals surface area contributed by atoms with E-state index < -0.39 is 23.2 Å². The fraction of sp³-hybridized carbons (Fsp3) is 0.850. The fourth-order valence-corrected chi connectivity index (χ4v) is 4.29. The second-order valence-corrected chi connectivity index (χ2v) is 8.32. The van der Waals surface area contributed by atoms with Gasteiger partial charge in [-0.15, -0.1) is 0 Å². The van der Waals surface area contributed by atoms with Crippen LogP contribution >= 0.6 is 0 Å². The van der Waals surface area contributed by atoms with Gasteiger partial charge in [0.1, 0.15) is 5.54 Å². The molecule has 3 amide bonds. The highest BCUT2D eigenvalue weighted by Gasteiger charge is 2.60. The molecule has 0 radical (unpaired) electrons. The number of ether oxygens (including phenoxy) is 2. The first-order chi connectivity index (χ1) is 13.9. The maximum atomic E-state index is 13.4. The predicted molar refractivity (Wildman–Crippen MR) is 105 cm³/mol. The van der Waals surface area contributed by atoms with Crippen LogP contribution in [-0.4, -0.2) is 78.0 Å². The maximum absolute atomic E-state index is 13.4. The van der Waals surface area contributed by atoms with Crippen molar-refractivity contribution in [2.75, 3.05) is 32.9 Å². The van der Waals surface area contributed by atoms with Gasteiger partial charge in [0.25, 0.3) is 0 Å². The lowest BCUT2D eigenvalue weighted by Crippen LogP contribution is -2.65. The summed E-state index contributed by atoms with van der Waals surface area (Å²) in [5.41, 5.74) is -2.35. The number of unbranched alkanes of at least 4 members (excludes halogenated alkanes) is 1. The second-order valence-electron chi connectivity index (χ2n) is 8.32. The molecule has 0 aromatic heterocycles. The highest BCUT2D eigenvalue weighted by Crippen LogP contribution is 2.35. The van der Waals surface area contributed by atoms with Gasteiger partial charge in [-0.1, -0.05) is 39.0 Å². The fourth-order valence-electron chi connectivity index (χ4n) is 4.29. The Balaban J connectivity index is 1.73. The Kier molecular flexibility index (Phi) is 7.00. The average Bonchev–Trinajstić information content (AvgIpc) is 3.54. The summed E-state index contributed by atoms with van der Waals surface area (Å²) in [5.74, 6) is -1.34. The van der Waals surface area contributed by atoms with Crippen molar-refractivity contribution >= 4 is 17.9 Å². The molecule has 0 bridgehead atoms. The molecule has 9 nitrogen and oxygen atoms in total. The molecule has 2 aliphatic heterocycles. The number of carbonyl (C=O) groups excluding carboxylic acids is 2. The second kappa shape index (κ2) is 9.30. The molecular weight excluding hydrogens is 378 g/mol. The van der Waals surface area contributed by atoms with Crippen LogP contribution in [0.25, 0.3) is 0 Å². The number of epoxide rings is 1. The first-order valence-corrected chi connectivity index (χ1v) is 10.8. The highest BCUT2D eigenvalue weighted by atomic mass is 16.6. The van der Waals surface area contributed by atoms with E-state index in [0.29, 0.717) is 45.6 Å². The smallest absolute Gasteiger partial charge is 0.340 e. The molecule has 164 valence electrons. The molecule has 2 heterocycles. The number of carboxylic acids is 1. The lowest BCUT2D eigenvalue weighted by molar-refractivity contribution is -0.145. The number of amides is 3. The lowest BCUT2D eigenvalue weighted by Gasteiger charge is -2.40. The van der Waals surface area contributed by atoms with Crippen molar-refractivity contribution in [1.29, 1.82) is 0 Å². The molecule has 9 heteroatoms. The lowest BCUT2D eigenvalue weighted by atomic mass is 9.80. The number of rotatable bonds is 8. The van der Waals surface area contributed by atoms with Crippen LogP contribution in [0, 0.1) is 0 Å². The monoisotopic (exact) mass is 411 g/mol. The number of morpholine rings is 1. The Hall–Kier alpha value is -1.87. The molecule has 29 heavy (non-hydrogen) atoms. The average molecular weight is 411 g/mol. The minimum absolute atomic E-state index is 0.101. The predicted octanol–water partition coefficient (Wildman–Crippen LogP) is 1.26. The number of carbonyl (C=O) groups is 3. The minimum Gasteiger partial charge on any atom is -0.479 e. The maximum Gasteiger partial charge on any atom is 0.340 e. The van der Waals surface area contributed by atoms with Crippen LogP contribution in [0.15, 0.2) is 0 Å². The van der Waals surface area contributed by atoms with Crippen LogP contribution in [0.5, 0.6) is 0 Å². The summed E-state index contributed by atoms with van der Waals surface area (Å²) >= 11 is 0. The van der Waals surface area contributed by atoms with Gasteiger partial charge in [0.05, 0.1) is 25.9 Å². The van der Waals surface area contributed by atoms with Crippen LogP contribution in [0.2, 0.25) is 0 Å². The normalized spacial score (nSPS) is 27.0. The van der Waals surface area contributed by atoms with Crippen molar-refractivity contribution in [3.63, 3.8) is 0 Å². The van der Waals surface area contributed by atoms with Gasteiger partial charge in [-0.25, -0.2) is 9.59 Å². The minimum atomic E-state index is -1.34. The largest absolute Gasteiger partial charge is 0.479 e. The number of aliphatic carboxylic acids is 1. The van der Waals surface area contributed by atoms with E-state index in [1.165, 1.54) is 0 Å². The van der Waals surface area contributed by atoms with E-state index in [9.17, 15) is 19.5 Å². The number of nitrogens with zero attached hydrogens (tertiary/aromatic N) is 1. The van der Waals surface area contributed by atoms with E-state index in [1.54, 1.807) is 4.90 Å². The SMILES string of the molecule is CCCC[C@H](NC(=O)C1(NC(=O)N2CCOCC2)CCCCC1)C1(C(=O)O)CO1. The molecule has 2 saturated heterocycles. The van der Waals surface area contributed by atoms with E-state index in [4.69, 9.17) is 9.47 Å². The summed E-state index contributed by atoms with van der Waals surface area (Å²) in [6.45, 7) is 4.10. The van der Waals surface area contributed by atoms with Crippen molar-refractivity contribution in [3.8, 4) is 0 Å². The summed E-state index contributed by atoms with van der Waals surface area (Å²) in [6, 6.07) is -0.863. The summed E-state index contributed by atoms with van der Waals surface area (Å²) < 4.78 is 10.6. The summed E-state index contributed by atoms with van der Waals surface area (Å²) in [5, 5.41) is 15.6. The number of urea groups is 1. The quantitative estimate of drug-likeness (QED) is 0.517. The molecule has 3 fully saturated rings. The van der Waals surface area contributed by atoms with E-state index in [2.05, 4.69) is 10.6 Å². The third kappa shape index (κ3) is 4.83. The molecule has 0 aromatic rings. The Bertz CT molecular complexity index is 609. The summed E-state index contributed by atoms with van der Waals surface area (Å²) in [6.07, 6.45) is 6.02. The van der Waals surface area contributed by atoms with Crippen LogP contribution in [0.3, 0.4) is 0 Å². The zero-order valence-electron chi connectivity index (χ0n) is 17.2. The number of hydrogen-bond donors (Lipinski definition) is 3. The van der Waals surface area contributed by atoms with Crippen molar-refractivity contribution in [2.24, 2.45) is 0 Å². The highest BCUT2D eigenvalue weighted by molar-refractivity contribution is 5.92. The molecule has 1 aliphatic carbocycles. The van der Waals surface area contributed by atoms with Crippen molar-refractivity contribution < 1.29 is 29.0 Å². The van der Waals surface area contributed by atoms with E-state index in [1.807, 2.05) is 6.92 Å². The van der Waals surface area contributed by atoms with Crippen molar-refractivity contribution in [2.45, 2.75) is 75.5 Å². The summed E-state index contributed by atoms with van der Waals surface area (Å²) in [4.78, 5) is 39.6. The van der Waals surface area contributed by atoms with Crippen molar-refractivity contribution in [3.05, 3.63) is 0 Å². The topological polar surface area (TPSA) is 121 Å². The van der Waals surface area contributed by atoms with Crippen LogP contribution < -0.4 is 10.6 Å². The molecule has 0 aromatic carbocycles. The molecule has 2 atom stereocenters. The van der Waals surface area contributed by atoms with Crippen LogP contribution in [-0.2, 0) is 19.1 Å². The first kappa shape index (κ1) is 21.8. The van der Waals surface area contributed by atoms with Crippen LogP contribution in [0.4, 0.5) is 4.79 Å². The van der Waals surface area contributed by atoms with Crippen LogP contribution in [0.1, 0.15) is 58.3 Å². The first-order valence-electron chi connectivity index (χ1n) is 10.8. The molecule has 0 spiro atoms. The molecule has 3 N–H and O–H groups in total. The molecular formula is C20H33N3O6. The van der Waals surface area contributed by atoms with E-state index >= 15 is 0 Å². The summed E-state index contributed by atoms with van der Waals surface area (Å²) in [7, 11) is 0. The Morgan fingerprint density at radius 2 is 1.79 bits per heavy atom. The van der Waals surface area contributed by atoms with Gasteiger partial charge in [0.15, 0.2) is 0 Å². The molecule has 3 rings (SSSR count). The van der Waals surface area contributed by atoms with Crippen molar-refractivity contribution in [1.82, 2.24) is 15.5 Å². The zero-order chi connectivity index (χ0) is 20.9. The van der Waals surface area contributed by atoms with Gasteiger partial charge in [0, 0.05) is 13.1 Å². The number of nitrogens with one attached hydrogen (secondary N) is 2. The number of carboxylic acid groups (broad SMARTS) is 1. The molecule has 3 aliphatic rings. The third-order valence-corrected chi connectivity index (χ3v) is 6.32. The van der Waals surface area contributed by atoms with E-state index in [0.717, 1.165) is 32.1 Å². The van der Waals surface area contributed by atoms with Gasteiger partial charge >= 0.3 is 12.0 Å². The van der Waals surface area contributed by atoms with Gasteiger partial charge < -0.3 is 30.1 Å². The third-order valence-electron chi connectivity index (χ3n) is 6.32. The Morgan fingerprint density at radius 3 is 2.34 bits per heavy atom. The molecule has 1 saturated carbocycles. The van der Waals surface area contributed by atoms with Gasteiger partial charge in [0.2, 0.25) is 11.5 Å².